The van der Waals surface area contributed by atoms with E-state index in [1.807, 2.05) is 43.3 Å². The summed E-state index contributed by atoms with van der Waals surface area (Å²) in [5, 5.41) is 1.51. The molecular weight excluding hydrogens is 364 g/mol. The van der Waals surface area contributed by atoms with Crippen molar-refractivity contribution in [1.29, 1.82) is 0 Å². The molecule has 0 spiro atoms. The Hall–Kier alpha value is -2.79. The Balaban J connectivity index is 1.69. The van der Waals surface area contributed by atoms with Gasteiger partial charge in [0.1, 0.15) is 18.1 Å². The van der Waals surface area contributed by atoms with Crippen LogP contribution in [0.4, 0.5) is 0 Å². The third kappa shape index (κ3) is 4.49. The topological polar surface area (TPSA) is 51.7 Å². The second-order valence-electron chi connectivity index (χ2n) is 6.21. The SMILES string of the molecule is COc1ccc2cc(C(=O)N(C)CCOc3cccc(Cl)c3)c(C)nc2c1. The normalized spacial score (nSPS) is 10.7. The van der Waals surface area contributed by atoms with Crippen LogP contribution < -0.4 is 9.47 Å². The van der Waals surface area contributed by atoms with Gasteiger partial charge in [0.05, 0.1) is 30.4 Å². The number of ether oxygens (including phenoxy) is 2. The summed E-state index contributed by atoms with van der Waals surface area (Å²) in [4.78, 5) is 19.0. The van der Waals surface area contributed by atoms with E-state index in [1.165, 1.54) is 0 Å². The first kappa shape index (κ1) is 19.0. The number of carbonyl (C=O) groups excluding carboxylic acids is 1. The number of benzene rings is 2. The van der Waals surface area contributed by atoms with Gasteiger partial charge in [0.2, 0.25) is 0 Å². The smallest absolute Gasteiger partial charge is 0.255 e. The molecule has 140 valence electrons. The molecule has 0 atom stereocenters. The first-order valence-corrected chi connectivity index (χ1v) is 8.95. The lowest BCUT2D eigenvalue weighted by molar-refractivity contribution is 0.0773. The number of aryl methyl sites for hydroxylation is 1. The standard InChI is InChI=1S/C21H21ClN2O3/c1-14-19(11-15-7-8-17(26-3)13-20(15)23-14)21(25)24(2)9-10-27-18-6-4-5-16(22)12-18/h4-8,11-13H,9-10H2,1-3H3. The second kappa shape index (κ2) is 8.27. The maximum absolute atomic E-state index is 12.8. The molecule has 3 aromatic rings. The number of pyridine rings is 1. The molecule has 0 aliphatic rings. The molecule has 0 radical (unpaired) electrons. The van der Waals surface area contributed by atoms with Crippen LogP contribution in [-0.2, 0) is 0 Å². The predicted octanol–water partition coefficient (Wildman–Crippen LogP) is 4.36. The molecule has 0 saturated carbocycles. The Morgan fingerprint density at radius 3 is 2.70 bits per heavy atom. The summed E-state index contributed by atoms with van der Waals surface area (Å²) in [6.45, 7) is 2.66. The van der Waals surface area contributed by atoms with E-state index in [9.17, 15) is 4.79 Å². The first-order chi connectivity index (χ1) is 13.0. The number of likely N-dealkylation sites (N-methyl/N-ethyl adjacent to an activating group) is 1. The fourth-order valence-electron chi connectivity index (χ4n) is 2.75. The Labute approximate surface area is 163 Å². The summed E-state index contributed by atoms with van der Waals surface area (Å²) in [5.41, 5.74) is 2.07. The number of carbonyl (C=O) groups is 1. The predicted molar refractivity (Wildman–Crippen MR) is 107 cm³/mol. The zero-order valence-electron chi connectivity index (χ0n) is 15.5. The summed E-state index contributed by atoms with van der Waals surface area (Å²) in [5.74, 6) is 1.33. The van der Waals surface area contributed by atoms with Gasteiger partial charge in [0.15, 0.2) is 0 Å². The van der Waals surface area contributed by atoms with E-state index in [2.05, 4.69) is 4.98 Å². The van der Waals surface area contributed by atoms with E-state index < -0.39 is 0 Å². The Morgan fingerprint density at radius 2 is 1.96 bits per heavy atom. The van der Waals surface area contributed by atoms with Crippen LogP contribution in [0, 0.1) is 6.92 Å². The maximum atomic E-state index is 12.8. The third-order valence-electron chi connectivity index (χ3n) is 4.28. The van der Waals surface area contributed by atoms with E-state index >= 15 is 0 Å². The Kier molecular flexibility index (Phi) is 5.81. The van der Waals surface area contributed by atoms with Gasteiger partial charge in [-0.05, 0) is 43.3 Å². The molecule has 1 aromatic heterocycles. The van der Waals surface area contributed by atoms with Crippen LogP contribution >= 0.6 is 11.6 Å². The van der Waals surface area contributed by atoms with E-state index in [4.69, 9.17) is 21.1 Å². The molecule has 3 rings (SSSR count). The van der Waals surface area contributed by atoms with Crippen LogP contribution in [0.15, 0.2) is 48.5 Å². The zero-order valence-corrected chi connectivity index (χ0v) is 16.3. The highest BCUT2D eigenvalue weighted by Gasteiger charge is 2.16. The summed E-state index contributed by atoms with van der Waals surface area (Å²) in [6, 6.07) is 14.7. The highest BCUT2D eigenvalue weighted by molar-refractivity contribution is 6.30. The van der Waals surface area contributed by atoms with Gasteiger partial charge >= 0.3 is 0 Å². The molecule has 0 aliphatic carbocycles. The fraction of sp³-hybridized carbons (Fsp3) is 0.238. The average Bonchev–Trinajstić information content (AvgIpc) is 2.66. The first-order valence-electron chi connectivity index (χ1n) is 8.57. The maximum Gasteiger partial charge on any atom is 0.255 e. The van der Waals surface area contributed by atoms with Crippen molar-refractivity contribution in [2.45, 2.75) is 6.92 Å². The summed E-state index contributed by atoms with van der Waals surface area (Å²) < 4.78 is 10.9. The van der Waals surface area contributed by atoms with Crippen molar-refractivity contribution >= 4 is 28.4 Å². The van der Waals surface area contributed by atoms with Crippen molar-refractivity contribution in [3.63, 3.8) is 0 Å². The lowest BCUT2D eigenvalue weighted by Gasteiger charge is -2.19. The molecule has 0 N–H and O–H groups in total. The van der Waals surface area contributed by atoms with Crippen molar-refractivity contribution in [3.8, 4) is 11.5 Å². The number of halogens is 1. The van der Waals surface area contributed by atoms with Gasteiger partial charge in [-0.3, -0.25) is 9.78 Å². The Morgan fingerprint density at radius 1 is 1.15 bits per heavy atom. The number of aromatic nitrogens is 1. The molecule has 1 heterocycles. The lowest BCUT2D eigenvalue weighted by atomic mass is 10.1. The van der Waals surface area contributed by atoms with Crippen LogP contribution in [0.25, 0.3) is 10.9 Å². The van der Waals surface area contributed by atoms with E-state index in [0.29, 0.717) is 35.2 Å². The molecule has 1 amide bonds. The zero-order chi connectivity index (χ0) is 19.4. The van der Waals surface area contributed by atoms with E-state index in [-0.39, 0.29) is 5.91 Å². The number of methoxy groups -OCH3 is 1. The number of amides is 1. The highest BCUT2D eigenvalue weighted by atomic mass is 35.5. The minimum absolute atomic E-state index is 0.0904. The largest absolute Gasteiger partial charge is 0.497 e. The van der Waals surface area contributed by atoms with Crippen LogP contribution in [-0.4, -0.2) is 43.1 Å². The number of nitrogens with zero attached hydrogens (tertiary/aromatic N) is 2. The fourth-order valence-corrected chi connectivity index (χ4v) is 2.93. The molecule has 2 aromatic carbocycles. The minimum Gasteiger partial charge on any atom is -0.497 e. The van der Waals surface area contributed by atoms with Crippen LogP contribution in [0.5, 0.6) is 11.5 Å². The van der Waals surface area contributed by atoms with Crippen molar-refractivity contribution in [3.05, 3.63) is 64.8 Å². The van der Waals surface area contributed by atoms with E-state index in [0.717, 1.165) is 16.7 Å². The van der Waals surface area contributed by atoms with Gasteiger partial charge in [0, 0.05) is 23.5 Å². The van der Waals surface area contributed by atoms with Crippen molar-refractivity contribution in [1.82, 2.24) is 9.88 Å². The summed E-state index contributed by atoms with van der Waals surface area (Å²) in [6.07, 6.45) is 0. The van der Waals surface area contributed by atoms with Gasteiger partial charge in [0.25, 0.3) is 5.91 Å². The number of fused-ring (bicyclic) bond motifs is 1. The number of rotatable bonds is 6. The molecule has 0 unspecified atom stereocenters. The second-order valence-corrected chi connectivity index (χ2v) is 6.65. The molecule has 0 aliphatic heterocycles. The minimum atomic E-state index is -0.0904. The third-order valence-corrected chi connectivity index (χ3v) is 4.52. The number of hydrogen-bond acceptors (Lipinski definition) is 4. The average molecular weight is 385 g/mol. The molecule has 0 saturated heterocycles. The van der Waals surface area contributed by atoms with E-state index in [1.54, 1.807) is 31.2 Å². The van der Waals surface area contributed by atoms with Gasteiger partial charge < -0.3 is 14.4 Å². The van der Waals surface area contributed by atoms with Gasteiger partial charge in [-0.25, -0.2) is 0 Å². The lowest BCUT2D eigenvalue weighted by Crippen LogP contribution is -2.31. The highest BCUT2D eigenvalue weighted by Crippen LogP contribution is 2.22. The molecular formula is C21H21ClN2O3. The molecule has 0 bridgehead atoms. The molecule has 5 nitrogen and oxygen atoms in total. The summed E-state index contributed by atoms with van der Waals surface area (Å²) in [7, 11) is 3.37. The molecule has 0 fully saturated rings. The summed E-state index contributed by atoms with van der Waals surface area (Å²) >= 11 is 5.94. The van der Waals surface area contributed by atoms with Crippen molar-refractivity contribution in [2.24, 2.45) is 0 Å². The van der Waals surface area contributed by atoms with Crippen LogP contribution in [0.1, 0.15) is 16.1 Å². The quantitative estimate of drug-likeness (QED) is 0.633. The Bertz CT molecular complexity index is 975. The molecule has 6 heteroatoms. The van der Waals surface area contributed by atoms with Crippen molar-refractivity contribution < 1.29 is 14.3 Å². The monoisotopic (exact) mass is 384 g/mol. The van der Waals surface area contributed by atoms with Crippen molar-refractivity contribution in [2.75, 3.05) is 27.3 Å². The number of hydrogen-bond donors (Lipinski definition) is 0. The van der Waals surface area contributed by atoms with Crippen LogP contribution in [0.3, 0.4) is 0 Å². The van der Waals surface area contributed by atoms with Crippen LogP contribution in [0.2, 0.25) is 5.02 Å². The van der Waals surface area contributed by atoms with Gasteiger partial charge in [-0.15, -0.1) is 0 Å². The van der Waals surface area contributed by atoms with Gasteiger partial charge in [-0.2, -0.15) is 0 Å². The molecule has 27 heavy (non-hydrogen) atoms. The van der Waals surface area contributed by atoms with Gasteiger partial charge in [-0.1, -0.05) is 17.7 Å².